The summed E-state index contributed by atoms with van der Waals surface area (Å²) in [6.45, 7) is 4.08. The van der Waals surface area contributed by atoms with Gasteiger partial charge in [-0.2, -0.15) is 0 Å². The van der Waals surface area contributed by atoms with Gasteiger partial charge in [0.2, 0.25) is 0 Å². The molecule has 0 fully saturated rings. The number of terminal acetylenes is 1. The van der Waals surface area contributed by atoms with Gasteiger partial charge in [-0.3, -0.25) is 0 Å². The van der Waals surface area contributed by atoms with E-state index in [1.54, 1.807) is 0 Å². The number of hydrogen-bond acceptors (Lipinski definition) is 0. The van der Waals surface area contributed by atoms with Gasteiger partial charge in [-0.15, -0.1) is 6.42 Å². The van der Waals surface area contributed by atoms with Gasteiger partial charge in [0.25, 0.3) is 0 Å². The summed E-state index contributed by atoms with van der Waals surface area (Å²) in [4.78, 5) is 0. The van der Waals surface area contributed by atoms with E-state index in [4.69, 9.17) is 6.42 Å². The highest BCUT2D eigenvalue weighted by molar-refractivity contribution is 9.10. The fourth-order valence-electron chi connectivity index (χ4n) is 0.950. The number of halogens is 1. The van der Waals surface area contributed by atoms with E-state index in [1.807, 2.05) is 38.1 Å². The molecule has 0 spiro atoms. The normalized spacial score (nSPS) is 10.8. The predicted molar refractivity (Wildman–Crippen MR) is 56.0 cm³/mol. The molecular weight excluding hydrogens is 212 g/mol. The molecule has 0 saturated carbocycles. The van der Waals surface area contributed by atoms with Gasteiger partial charge in [-0.05, 0) is 31.5 Å². The summed E-state index contributed by atoms with van der Waals surface area (Å²) in [5, 5.41) is 0. The third-order valence-corrected chi connectivity index (χ3v) is 2.46. The van der Waals surface area contributed by atoms with Crippen LogP contribution in [0.5, 0.6) is 0 Å². The van der Waals surface area contributed by atoms with Crippen molar-refractivity contribution in [1.82, 2.24) is 0 Å². The first-order chi connectivity index (χ1) is 5.56. The van der Waals surface area contributed by atoms with E-state index in [0.717, 1.165) is 4.47 Å². The Morgan fingerprint density at radius 3 is 2.17 bits per heavy atom. The second kappa shape index (κ2) is 3.33. The molecule has 0 N–H and O–H groups in total. The molecule has 0 unspecified atom stereocenters. The Morgan fingerprint density at radius 2 is 1.75 bits per heavy atom. The average Bonchev–Trinajstić information content (AvgIpc) is 2.05. The van der Waals surface area contributed by atoms with Crippen molar-refractivity contribution in [3.63, 3.8) is 0 Å². The first kappa shape index (κ1) is 9.35. The Balaban J connectivity index is 3.07. The Morgan fingerprint density at radius 1 is 1.25 bits per heavy atom. The van der Waals surface area contributed by atoms with Crippen molar-refractivity contribution in [2.24, 2.45) is 0 Å². The van der Waals surface area contributed by atoms with Crippen LogP contribution in [0.1, 0.15) is 19.4 Å². The van der Waals surface area contributed by atoms with Crippen LogP contribution in [0.2, 0.25) is 0 Å². The van der Waals surface area contributed by atoms with Crippen LogP contribution in [0.4, 0.5) is 0 Å². The molecule has 1 aromatic rings. The third kappa shape index (κ3) is 1.89. The van der Waals surface area contributed by atoms with Crippen molar-refractivity contribution in [3.8, 4) is 12.3 Å². The SMILES string of the molecule is C#CC(C)(C)c1ccc(Br)cc1. The highest BCUT2D eigenvalue weighted by atomic mass is 79.9. The van der Waals surface area contributed by atoms with Crippen LogP contribution >= 0.6 is 15.9 Å². The fraction of sp³-hybridized carbons (Fsp3) is 0.273. The molecule has 62 valence electrons. The lowest BCUT2D eigenvalue weighted by molar-refractivity contribution is 0.699. The van der Waals surface area contributed by atoms with Crippen molar-refractivity contribution >= 4 is 15.9 Å². The zero-order chi connectivity index (χ0) is 9.19. The summed E-state index contributed by atoms with van der Waals surface area (Å²) >= 11 is 3.38. The Labute approximate surface area is 82.1 Å². The Hall–Kier alpha value is -0.740. The van der Waals surface area contributed by atoms with Crippen LogP contribution in [0.15, 0.2) is 28.7 Å². The molecule has 1 rings (SSSR count). The summed E-state index contributed by atoms with van der Waals surface area (Å²) in [5.41, 5.74) is 1.01. The molecule has 0 heterocycles. The molecule has 0 aromatic heterocycles. The molecule has 0 aliphatic carbocycles. The fourth-order valence-corrected chi connectivity index (χ4v) is 1.21. The molecule has 12 heavy (non-hydrogen) atoms. The zero-order valence-corrected chi connectivity index (χ0v) is 8.85. The maximum absolute atomic E-state index is 5.41. The minimum absolute atomic E-state index is 0.166. The van der Waals surface area contributed by atoms with Crippen molar-refractivity contribution in [3.05, 3.63) is 34.3 Å². The van der Waals surface area contributed by atoms with E-state index in [0.29, 0.717) is 0 Å². The maximum Gasteiger partial charge on any atom is 0.0504 e. The summed E-state index contributed by atoms with van der Waals surface area (Å²) in [6.07, 6.45) is 5.41. The van der Waals surface area contributed by atoms with Gasteiger partial charge in [-0.1, -0.05) is 34.0 Å². The third-order valence-electron chi connectivity index (χ3n) is 1.93. The van der Waals surface area contributed by atoms with Gasteiger partial charge in [-0.25, -0.2) is 0 Å². The van der Waals surface area contributed by atoms with Gasteiger partial charge in [0.1, 0.15) is 0 Å². The zero-order valence-electron chi connectivity index (χ0n) is 7.26. The molecule has 0 atom stereocenters. The summed E-state index contributed by atoms with van der Waals surface area (Å²) in [5.74, 6) is 2.76. The van der Waals surface area contributed by atoms with E-state index in [2.05, 4.69) is 21.9 Å². The predicted octanol–water partition coefficient (Wildman–Crippen LogP) is 3.36. The van der Waals surface area contributed by atoms with Gasteiger partial charge < -0.3 is 0 Å². The number of hydrogen-bond donors (Lipinski definition) is 0. The Kier molecular flexibility index (Phi) is 2.59. The van der Waals surface area contributed by atoms with Gasteiger partial charge in [0.05, 0.1) is 5.41 Å². The molecule has 0 radical (unpaired) electrons. The summed E-state index contributed by atoms with van der Waals surface area (Å²) < 4.78 is 1.08. The van der Waals surface area contributed by atoms with Gasteiger partial charge in [0.15, 0.2) is 0 Å². The molecular formula is C11H11Br. The quantitative estimate of drug-likeness (QED) is 0.640. The number of rotatable bonds is 1. The summed E-state index contributed by atoms with van der Waals surface area (Å²) in [6, 6.07) is 8.11. The standard InChI is InChI=1S/C11H11Br/c1-4-11(2,3)9-5-7-10(12)8-6-9/h1,5-8H,2-3H3. The van der Waals surface area contributed by atoms with E-state index in [-0.39, 0.29) is 5.41 Å². The van der Waals surface area contributed by atoms with Crippen LogP contribution in [-0.4, -0.2) is 0 Å². The summed E-state index contributed by atoms with van der Waals surface area (Å²) in [7, 11) is 0. The van der Waals surface area contributed by atoms with Crippen molar-refractivity contribution in [2.75, 3.05) is 0 Å². The van der Waals surface area contributed by atoms with Crippen LogP contribution in [-0.2, 0) is 5.41 Å². The highest BCUT2D eigenvalue weighted by Crippen LogP contribution is 2.23. The second-order valence-electron chi connectivity index (χ2n) is 3.28. The average molecular weight is 223 g/mol. The lowest BCUT2D eigenvalue weighted by atomic mass is 9.86. The topological polar surface area (TPSA) is 0 Å². The van der Waals surface area contributed by atoms with E-state index in [9.17, 15) is 0 Å². The van der Waals surface area contributed by atoms with Crippen molar-refractivity contribution in [2.45, 2.75) is 19.3 Å². The highest BCUT2D eigenvalue weighted by Gasteiger charge is 2.15. The van der Waals surface area contributed by atoms with Crippen LogP contribution in [0, 0.1) is 12.3 Å². The van der Waals surface area contributed by atoms with Crippen molar-refractivity contribution in [1.29, 1.82) is 0 Å². The van der Waals surface area contributed by atoms with Crippen LogP contribution in [0.25, 0.3) is 0 Å². The molecule has 0 aliphatic heterocycles. The molecule has 1 heteroatoms. The smallest absolute Gasteiger partial charge is 0.0504 e. The monoisotopic (exact) mass is 222 g/mol. The van der Waals surface area contributed by atoms with E-state index >= 15 is 0 Å². The van der Waals surface area contributed by atoms with Crippen LogP contribution in [0.3, 0.4) is 0 Å². The molecule has 0 nitrogen and oxygen atoms in total. The van der Waals surface area contributed by atoms with E-state index in [1.165, 1.54) is 5.56 Å². The molecule has 0 amide bonds. The molecule has 1 aromatic carbocycles. The first-order valence-electron chi connectivity index (χ1n) is 3.80. The molecule has 0 saturated heterocycles. The van der Waals surface area contributed by atoms with E-state index < -0.39 is 0 Å². The lowest BCUT2D eigenvalue weighted by Crippen LogP contribution is -2.13. The molecule has 0 bridgehead atoms. The molecule has 0 aliphatic rings. The minimum Gasteiger partial charge on any atom is -0.119 e. The largest absolute Gasteiger partial charge is 0.119 e. The van der Waals surface area contributed by atoms with Crippen molar-refractivity contribution < 1.29 is 0 Å². The second-order valence-corrected chi connectivity index (χ2v) is 4.19. The van der Waals surface area contributed by atoms with Gasteiger partial charge >= 0.3 is 0 Å². The number of benzene rings is 1. The maximum atomic E-state index is 5.41. The minimum atomic E-state index is -0.166. The lowest BCUT2D eigenvalue weighted by Gasteiger charge is -2.17. The van der Waals surface area contributed by atoms with Gasteiger partial charge in [0, 0.05) is 4.47 Å². The Bertz CT molecular complexity index is 301. The first-order valence-corrected chi connectivity index (χ1v) is 4.59. The van der Waals surface area contributed by atoms with Crippen LogP contribution < -0.4 is 0 Å².